The second-order valence-corrected chi connectivity index (χ2v) is 6.80. The van der Waals surface area contributed by atoms with Crippen LogP contribution in [-0.4, -0.2) is 69.6 Å². The maximum atomic E-state index is 11.5. The number of nitrogens with zero attached hydrogens (tertiary/aromatic N) is 4. The van der Waals surface area contributed by atoms with Crippen molar-refractivity contribution in [2.75, 3.05) is 18.9 Å². The molecule has 0 amide bonds. The summed E-state index contributed by atoms with van der Waals surface area (Å²) < 4.78 is 36.9. The Morgan fingerprint density at radius 2 is 2.12 bits per heavy atom. The van der Waals surface area contributed by atoms with E-state index in [1.165, 1.54) is 17.2 Å². The molecule has 2 aromatic rings. The van der Waals surface area contributed by atoms with Crippen LogP contribution >= 0.6 is 0 Å². The molecule has 2 aromatic heterocycles. The monoisotopic (exact) mass is 374 g/mol. The highest BCUT2D eigenvalue weighted by atomic mass is 32.2. The summed E-state index contributed by atoms with van der Waals surface area (Å²) in [5, 5.41) is 20.4. The number of aromatic nitrogens is 4. The van der Waals surface area contributed by atoms with Crippen LogP contribution < -0.4 is 10.5 Å². The van der Waals surface area contributed by atoms with Crippen molar-refractivity contribution in [2.24, 2.45) is 0 Å². The number of nitrogens with one attached hydrogen (secondary N) is 1. The third kappa shape index (κ3) is 3.42. The molecule has 1 fully saturated rings. The number of rotatable bonds is 6. The molecule has 4 atom stereocenters. The van der Waals surface area contributed by atoms with Crippen LogP contribution in [0.3, 0.4) is 0 Å². The van der Waals surface area contributed by atoms with Crippen LogP contribution in [0.15, 0.2) is 12.7 Å². The van der Waals surface area contributed by atoms with Crippen LogP contribution in [-0.2, 0) is 19.2 Å². The number of aliphatic hydroxyl groups excluding tert-OH is 2. The number of imidazole rings is 1. The standard InChI is InChI=1S/C12H18N6O6S/c1-2-17-25(21,22)23-3-6-8(19)9(20)12(24-6)18-5-16-7-10(13)14-4-15-11(7)18/h4-6,8-9,12,17,19-20H,2-3H2,1H3,(H2,13,14,15)/t6-,8-,9-,12?/m1/s1. The van der Waals surface area contributed by atoms with Gasteiger partial charge in [0.2, 0.25) is 0 Å². The van der Waals surface area contributed by atoms with Gasteiger partial charge in [0.05, 0.1) is 12.9 Å². The highest BCUT2D eigenvalue weighted by molar-refractivity contribution is 7.84. The summed E-state index contributed by atoms with van der Waals surface area (Å²) in [6.07, 6.45) is -2.23. The lowest BCUT2D eigenvalue weighted by molar-refractivity contribution is -0.0469. The van der Waals surface area contributed by atoms with E-state index < -0.39 is 41.5 Å². The lowest BCUT2D eigenvalue weighted by Crippen LogP contribution is -2.36. The van der Waals surface area contributed by atoms with Gasteiger partial charge in [0, 0.05) is 6.54 Å². The zero-order valence-corrected chi connectivity index (χ0v) is 14.0. The molecule has 0 bridgehead atoms. The molecular formula is C12H18N6O6S. The normalized spacial score (nSPS) is 27.2. The summed E-state index contributed by atoms with van der Waals surface area (Å²) in [6, 6.07) is 0. The molecule has 3 rings (SSSR count). The number of nitrogen functional groups attached to an aromatic ring is 1. The molecule has 0 spiro atoms. The van der Waals surface area contributed by atoms with Crippen LogP contribution in [0.25, 0.3) is 11.2 Å². The summed E-state index contributed by atoms with van der Waals surface area (Å²) in [5.74, 6) is 0.161. The van der Waals surface area contributed by atoms with E-state index in [-0.39, 0.29) is 12.4 Å². The van der Waals surface area contributed by atoms with Gasteiger partial charge in [0.15, 0.2) is 17.7 Å². The van der Waals surface area contributed by atoms with Gasteiger partial charge in [-0.15, -0.1) is 0 Å². The first-order valence-corrected chi connectivity index (χ1v) is 8.83. The van der Waals surface area contributed by atoms with Crippen molar-refractivity contribution in [3.63, 3.8) is 0 Å². The van der Waals surface area contributed by atoms with Crippen LogP contribution in [0.5, 0.6) is 0 Å². The third-order valence-electron chi connectivity index (χ3n) is 3.71. The number of ether oxygens (including phenoxy) is 1. The molecular weight excluding hydrogens is 356 g/mol. The van der Waals surface area contributed by atoms with Gasteiger partial charge in [0.25, 0.3) is 0 Å². The Bertz CT molecular complexity index is 857. The molecule has 0 aliphatic carbocycles. The Kier molecular flexibility index (Phi) is 4.86. The molecule has 1 saturated heterocycles. The highest BCUT2D eigenvalue weighted by Gasteiger charge is 2.45. The Hall–Kier alpha value is -1.90. The third-order valence-corrected chi connectivity index (χ3v) is 4.80. The van der Waals surface area contributed by atoms with Gasteiger partial charge in [-0.1, -0.05) is 6.92 Å². The second kappa shape index (κ2) is 6.78. The number of hydrogen-bond acceptors (Lipinski definition) is 10. The van der Waals surface area contributed by atoms with Crippen LogP contribution in [0, 0.1) is 0 Å². The smallest absolute Gasteiger partial charge is 0.335 e. The average molecular weight is 374 g/mol. The molecule has 0 saturated carbocycles. The van der Waals surface area contributed by atoms with Gasteiger partial charge in [0.1, 0.15) is 30.2 Å². The molecule has 0 aromatic carbocycles. The van der Waals surface area contributed by atoms with Crippen molar-refractivity contribution in [2.45, 2.75) is 31.5 Å². The molecule has 13 heteroatoms. The van der Waals surface area contributed by atoms with Crippen molar-refractivity contribution < 1.29 is 27.6 Å². The molecule has 1 aliphatic rings. The van der Waals surface area contributed by atoms with Crippen molar-refractivity contribution in [3.05, 3.63) is 12.7 Å². The van der Waals surface area contributed by atoms with E-state index in [9.17, 15) is 18.6 Å². The zero-order chi connectivity index (χ0) is 18.2. The van der Waals surface area contributed by atoms with Gasteiger partial charge in [-0.25, -0.2) is 15.0 Å². The minimum Gasteiger partial charge on any atom is -0.387 e. The van der Waals surface area contributed by atoms with E-state index >= 15 is 0 Å². The van der Waals surface area contributed by atoms with Crippen LogP contribution in [0.2, 0.25) is 0 Å². The minimum atomic E-state index is -3.95. The van der Waals surface area contributed by atoms with Gasteiger partial charge >= 0.3 is 10.3 Å². The summed E-state index contributed by atoms with van der Waals surface area (Å²) >= 11 is 0. The van der Waals surface area contributed by atoms with Crippen molar-refractivity contribution in [1.29, 1.82) is 0 Å². The largest absolute Gasteiger partial charge is 0.387 e. The van der Waals surface area contributed by atoms with Crippen molar-refractivity contribution >= 4 is 27.3 Å². The van der Waals surface area contributed by atoms with E-state index in [4.69, 9.17) is 14.7 Å². The molecule has 3 heterocycles. The highest BCUT2D eigenvalue weighted by Crippen LogP contribution is 2.32. The van der Waals surface area contributed by atoms with Gasteiger partial charge in [-0.3, -0.25) is 8.75 Å². The number of fused-ring (bicyclic) bond motifs is 1. The van der Waals surface area contributed by atoms with Gasteiger partial charge in [-0.2, -0.15) is 13.1 Å². The fraction of sp³-hybridized carbons (Fsp3) is 0.583. The van der Waals surface area contributed by atoms with Gasteiger partial charge < -0.3 is 20.7 Å². The number of anilines is 1. The van der Waals surface area contributed by atoms with Crippen molar-refractivity contribution in [3.8, 4) is 0 Å². The average Bonchev–Trinajstić information content (AvgIpc) is 3.10. The molecule has 138 valence electrons. The Labute approximate surface area is 142 Å². The first kappa shape index (κ1) is 17.9. The van der Waals surface area contributed by atoms with Gasteiger partial charge in [-0.05, 0) is 0 Å². The van der Waals surface area contributed by atoms with Crippen LogP contribution in [0.1, 0.15) is 13.2 Å². The van der Waals surface area contributed by atoms with E-state index in [2.05, 4.69) is 19.7 Å². The van der Waals surface area contributed by atoms with E-state index in [0.29, 0.717) is 11.2 Å². The number of nitrogens with two attached hydrogens (primary N) is 1. The first-order chi connectivity index (χ1) is 11.8. The summed E-state index contributed by atoms with van der Waals surface area (Å²) in [5.41, 5.74) is 6.34. The minimum absolute atomic E-state index is 0.157. The molecule has 1 unspecified atom stereocenters. The number of aliphatic hydroxyl groups is 2. The molecule has 1 aliphatic heterocycles. The predicted octanol–water partition coefficient (Wildman–Crippen LogP) is -2.10. The summed E-state index contributed by atoms with van der Waals surface area (Å²) in [7, 11) is -3.95. The lowest BCUT2D eigenvalue weighted by Gasteiger charge is -2.16. The Morgan fingerprint density at radius 3 is 2.84 bits per heavy atom. The van der Waals surface area contributed by atoms with E-state index in [0.717, 1.165) is 0 Å². The van der Waals surface area contributed by atoms with E-state index in [1.807, 2.05) is 0 Å². The summed E-state index contributed by atoms with van der Waals surface area (Å²) in [4.78, 5) is 11.9. The first-order valence-electron chi connectivity index (χ1n) is 7.42. The molecule has 0 radical (unpaired) electrons. The predicted molar refractivity (Wildman–Crippen MR) is 84.2 cm³/mol. The SMILES string of the molecule is CCNS(=O)(=O)OC[C@H]1OC(n2cnc3c(N)ncnc32)[C@H](O)[C@@H]1O. The number of hydrogen-bond donors (Lipinski definition) is 4. The fourth-order valence-electron chi connectivity index (χ4n) is 2.53. The second-order valence-electron chi connectivity index (χ2n) is 5.37. The Morgan fingerprint density at radius 1 is 1.36 bits per heavy atom. The van der Waals surface area contributed by atoms with E-state index in [1.54, 1.807) is 6.92 Å². The van der Waals surface area contributed by atoms with Crippen LogP contribution in [0.4, 0.5) is 5.82 Å². The maximum Gasteiger partial charge on any atom is 0.335 e. The zero-order valence-electron chi connectivity index (χ0n) is 13.2. The maximum absolute atomic E-state index is 11.5. The topological polar surface area (TPSA) is 175 Å². The molecule has 12 nitrogen and oxygen atoms in total. The molecule has 25 heavy (non-hydrogen) atoms. The van der Waals surface area contributed by atoms with Crippen molar-refractivity contribution in [1.82, 2.24) is 24.2 Å². The summed E-state index contributed by atoms with van der Waals surface area (Å²) in [6.45, 7) is 1.29. The lowest BCUT2D eigenvalue weighted by atomic mass is 10.1. The fourth-order valence-corrected chi connectivity index (χ4v) is 3.28. The Balaban J connectivity index is 1.79. The molecule has 5 N–H and O–H groups in total. The quantitative estimate of drug-likeness (QED) is 0.438.